The van der Waals surface area contributed by atoms with Crippen LogP contribution in [0.5, 0.6) is 0 Å². The van der Waals surface area contributed by atoms with Gasteiger partial charge in [0.15, 0.2) is 5.13 Å². The van der Waals surface area contributed by atoms with Gasteiger partial charge in [0.1, 0.15) is 0 Å². The number of aryl methyl sites for hydroxylation is 1. The van der Waals surface area contributed by atoms with E-state index >= 15 is 0 Å². The Labute approximate surface area is 133 Å². The minimum Gasteiger partial charge on any atom is -0.356 e. The predicted molar refractivity (Wildman–Crippen MR) is 88.3 cm³/mol. The SMILES string of the molecule is CCNC(=O)Cc1csc(NC(=O)Nc2ccc(C)cc2)n1. The zero-order valence-corrected chi connectivity index (χ0v) is 13.3. The van der Waals surface area contributed by atoms with Crippen molar-refractivity contribution < 1.29 is 9.59 Å². The molecule has 0 fully saturated rings. The highest BCUT2D eigenvalue weighted by atomic mass is 32.1. The quantitative estimate of drug-likeness (QED) is 0.792. The summed E-state index contributed by atoms with van der Waals surface area (Å²) in [6.07, 6.45) is 0.214. The highest BCUT2D eigenvalue weighted by Crippen LogP contribution is 2.16. The number of anilines is 2. The summed E-state index contributed by atoms with van der Waals surface area (Å²) in [6, 6.07) is 7.14. The Bertz CT molecular complexity index is 652. The molecule has 3 N–H and O–H groups in total. The standard InChI is InChI=1S/C15H18N4O2S/c1-3-16-13(20)8-12-9-22-15(18-12)19-14(21)17-11-6-4-10(2)5-7-11/h4-7,9H,3,8H2,1-2H3,(H,16,20)(H2,17,18,19,21). The summed E-state index contributed by atoms with van der Waals surface area (Å²) >= 11 is 1.29. The van der Waals surface area contributed by atoms with E-state index in [2.05, 4.69) is 20.9 Å². The second-order valence-corrected chi connectivity index (χ2v) is 5.58. The van der Waals surface area contributed by atoms with Crippen molar-refractivity contribution in [2.45, 2.75) is 20.3 Å². The van der Waals surface area contributed by atoms with Crippen LogP contribution in [0.1, 0.15) is 18.2 Å². The Balaban J connectivity index is 1.88. The molecule has 1 aromatic heterocycles. The van der Waals surface area contributed by atoms with Gasteiger partial charge in [0.2, 0.25) is 5.91 Å². The monoisotopic (exact) mass is 318 g/mol. The number of likely N-dealkylation sites (N-methyl/N-ethyl adjacent to an activating group) is 1. The van der Waals surface area contributed by atoms with Gasteiger partial charge in [-0.1, -0.05) is 17.7 Å². The summed E-state index contributed by atoms with van der Waals surface area (Å²) < 4.78 is 0. The number of aromatic nitrogens is 1. The number of thiazole rings is 1. The molecule has 0 bridgehead atoms. The minimum atomic E-state index is -0.359. The molecule has 0 radical (unpaired) electrons. The lowest BCUT2D eigenvalue weighted by atomic mass is 10.2. The molecule has 0 aliphatic rings. The molecule has 2 rings (SSSR count). The van der Waals surface area contributed by atoms with Crippen molar-refractivity contribution in [3.05, 3.63) is 40.9 Å². The zero-order chi connectivity index (χ0) is 15.9. The second-order valence-electron chi connectivity index (χ2n) is 4.72. The van der Waals surface area contributed by atoms with Crippen molar-refractivity contribution in [3.8, 4) is 0 Å². The summed E-state index contributed by atoms with van der Waals surface area (Å²) in [4.78, 5) is 27.5. The maximum atomic E-state index is 11.9. The van der Waals surface area contributed by atoms with Crippen molar-refractivity contribution in [3.63, 3.8) is 0 Å². The van der Waals surface area contributed by atoms with E-state index in [4.69, 9.17) is 0 Å². The number of rotatable bonds is 5. The van der Waals surface area contributed by atoms with Crippen molar-refractivity contribution in [2.24, 2.45) is 0 Å². The number of urea groups is 1. The molecular weight excluding hydrogens is 300 g/mol. The van der Waals surface area contributed by atoms with Crippen LogP contribution in [-0.2, 0) is 11.2 Å². The van der Waals surface area contributed by atoms with Crippen LogP contribution in [0.25, 0.3) is 0 Å². The van der Waals surface area contributed by atoms with E-state index in [1.807, 2.05) is 38.1 Å². The van der Waals surface area contributed by atoms with Gasteiger partial charge in [-0.05, 0) is 26.0 Å². The van der Waals surface area contributed by atoms with Crippen molar-refractivity contribution in [2.75, 3.05) is 17.2 Å². The van der Waals surface area contributed by atoms with Gasteiger partial charge in [-0.25, -0.2) is 9.78 Å². The van der Waals surface area contributed by atoms with Gasteiger partial charge in [-0.3, -0.25) is 10.1 Å². The second kappa shape index (κ2) is 7.56. The molecule has 7 heteroatoms. The molecule has 0 spiro atoms. The summed E-state index contributed by atoms with van der Waals surface area (Å²) in [5.74, 6) is -0.0801. The highest BCUT2D eigenvalue weighted by Gasteiger charge is 2.09. The van der Waals surface area contributed by atoms with Gasteiger partial charge in [0.25, 0.3) is 0 Å². The predicted octanol–water partition coefficient (Wildman–Crippen LogP) is 2.77. The van der Waals surface area contributed by atoms with Gasteiger partial charge in [0.05, 0.1) is 12.1 Å². The van der Waals surface area contributed by atoms with E-state index in [0.717, 1.165) is 5.56 Å². The van der Waals surface area contributed by atoms with Crippen LogP contribution in [-0.4, -0.2) is 23.5 Å². The maximum Gasteiger partial charge on any atom is 0.325 e. The third kappa shape index (κ3) is 4.85. The number of nitrogens with zero attached hydrogens (tertiary/aromatic N) is 1. The molecule has 0 aliphatic heterocycles. The lowest BCUT2D eigenvalue weighted by Gasteiger charge is -2.05. The van der Waals surface area contributed by atoms with Gasteiger partial charge in [-0.15, -0.1) is 11.3 Å². The summed E-state index contributed by atoms with van der Waals surface area (Å²) in [5, 5.41) is 10.3. The molecule has 0 atom stereocenters. The largest absolute Gasteiger partial charge is 0.356 e. The number of hydrogen-bond acceptors (Lipinski definition) is 4. The van der Waals surface area contributed by atoms with Crippen LogP contribution in [0, 0.1) is 6.92 Å². The van der Waals surface area contributed by atoms with E-state index in [9.17, 15) is 9.59 Å². The van der Waals surface area contributed by atoms with Crippen LogP contribution in [0.4, 0.5) is 15.6 Å². The molecule has 0 aliphatic carbocycles. The fourth-order valence-electron chi connectivity index (χ4n) is 1.77. The molecular formula is C15H18N4O2S. The first-order valence-corrected chi connectivity index (χ1v) is 7.80. The number of hydrogen-bond donors (Lipinski definition) is 3. The molecule has 0 saturated heterocycles. The number of carbonyl (C=O) groups is 2. The summed E-state index contributed by atoms with van der Waals surface area (Å²) in [5.41, 5.74) is 2.48. The van der Waals surface area contributed by atoms with Gasteiger partial charge >= 0.3 is 6.03 Å². The Kier molecular flexibility index (Phi) is 5.48. The van der Waals surface area contributed by atoms with E-state index in [0.29, 0.717) is 23.1 Å². The van der Waals surface area contributed by atoms with Crippen LogP contribution < -0.4 is 16.0 Å². The van der Waals surface area contributed by atoms with Crippen LogP contribution >= 0.6 is 11.3 Å². The van der Waals surface area contributed by atoms with E-state index in [-0.39, 0.29) is 18.4 Å². The number of nitrogens with one attached hydrogen (secondary N) is 3. The van der Waals surface area contributed by atoms with E-state index in [1.165, 1.54) is 11.3 Å². The smallest absolute Gasteiger partial charge is 0.325 e. The van der Waals surface area contributed by atoms with Crippen LogP contribution in [0.15, 0.2) is 29.6 Å². The minimum absolute atomic E-state index is 0.0801. The van der Waals surface area contributed by atoms with Crippen molar-refractivity contribution in [1.29, 1.82) is 0 Å². The average molecular weight is 318 g/mol. The normalized spacial score (nSPS) is 10.1. The third-order valence-electron chi connectivity index (χ3n) is 2.80. The summed E-state index contributed by atoms with van der Waals surface area (Å²) in [7, 11) is 0. The molecule has 3 amide bonds. The van der Waals surface area contributed by atoms with E-state index in [1.54, 1.807) is 5.38 Å². The van der Waals surface area contributed by atoms with Crippen LogP contribution in [0.3, 0.4) is 0 Å². The van der Waals surface area contributed by atoms with Crippen molar-refractivity contribution in [1.82, 2.24) is 10.3 Å². The van der Waals surface area contributed by atoms with Crippen LogP contribution in [0.2, 0.25) is 0 Å². The Morgan fingerprint density at radius 1 is 1.18 bits per heavy atom. The van der Waals surface area contributed by atoms with Gasteiger partial charge < -0.3 is 10.6 Å². The first-order chi connectivity index (χ1) is 10.6. The third-order valence-corrected chi connectivity index (χ3v) is 3.60. The lowest BCUT2D eigenvalue weighted by molar-refractivity contribution is -0.120. The topological polar surface area (TPSA) is 83.1 Å². The Morgan fingerprint density at radius 3 is 2.59 bits per heavy atom. The van der Waals surface area contributed by atoms with E-state index < -0.39 is 0 Å². The fourth-order valence-corrected chi connectivity index (χ4v) is 2.47. The molecule has 22 heavy (non-hydrogen) atoms. The summed E-state index contributed by atoms with van der Waals surface area (Å²) in [6.45, 7) is 4.43. The number of benzene rings is 1. The molecule has 6 nitrogen and oxygen atoms in total. The lowest BCUT2D eigenvalue weighted by Crippen LogP contribution is -2.24. The first-order valence-electron chi connectivity index (χ1n) is 6.92. The Morgan fingerprint density at radius 2 is 1.91 bits per heavy atom. The molecule has 116 valence electrons. The molecule has 0 unspecified atom stereocenters. The van der Waals surface area contributed by atoms with Gasteiger partial charge in [0, 0.05) is 17.6 Å². The molecule has 1 aromatic carbocycles. The van der Waals surface area contributed by atoms with Crippen molar-refractivity contribution >= 4 is 34.1 Å². The average Bonchev–Trinajstić information content (AvgIpc) is 2.88. The number of amides is 3. The molecule has 0 saturated carbocycles. The zero-order valence-electron chi connectivity index (χ0n) is 12.5. The first kappa shape index (κ1) is 16.0. The number of carbonyl (C=O) groups excluding carboxylic acids is 2. The Hall–Kier alpha value is -2.41. The molecule has 1 heterocycles. The van der Waals surface area contributed by atoms with Gasteiger partial charge in [-0.2, -0.15) is 0 Å². The molecule has 2 aromatic rings. The fraction of sp³-hybridized carbons (Fsp3) is 0.267. The maximum absolute atomic E-state index is 11.9. The highest BCUT2D eigenvalue weighted by molar-refractivity contribution is 7.13.